The molecule has 18 heavy (non-hydrogen) atoms. The average Bonchev–Trinajstić information content (AvgIpc) is 2.32. The number of halogens is 1. The highest BCUT2D eigenvalue weighted by Crippen LogP contribution is 2.14. The topological polar surface area (TPSA) is 55.1 Å². The van der Waals surface area contributed by atoms with Crippen LogP contribution in [0.1, 0.15) is 5.56 Å². The third-order valence-electron chi connectivity index (χ3n) is 2.44. The molecule has 0 unspecified atom stereocenters. The van der Waals surface area contributed by atoms with Gasteiger partial charge in [-0.15, -0.1) is 0 Å². The number of hydrogen-bond donors (Lipinski definition) is 2. The number of hydrogen-bond acceptors (Lipinski definition) is 2. The molecule has 0 saturated carbocycles. The highest BCUT2D eigenvalue weighted by Gasteiger charge is 2.04. The second-order valence-electron chi connectivity index (χ2n) is 3.98. The fourth-order valence-electron chi connectivity index (χ4n) is 1.63. The first-order chi connectivity index (χ1) is 8.63. The summed E-state index contributed by atoms with van der Waals surface area (Å²) in [6.07, 6.45) is 0.299. The van der Waals surface area contributed by atoms with Crippen LogP contribution in [-0.2, 0) is 11.2 Å². The molecule has 0 bridgehead atoms. The van der Waals surface area contributed by atoms with Gasteiger partial charge in [-0.1, -0.05) is 23.7 Å². The summed E-state index contributed by atoms with van der Waals surface area (Å²) in [4.78, 5) is 11.8. The molecule has 0 saturated heterocycles. The molecule has 4 heteroatoms. The van der Waals surface area contributed by atoms with Crippen molar-refractivity contribution < 1.29 is 4.79 Å². The van der Waals surface area contributed by atoms with E-state index in [1.54, 1.807) is 36.4 Å². The van der Waals surface area contributed by atoms with Crippen molar-refractivity contribution in [3.8, 4) is 0 Å². The largest absolute Gasteiger partial charge is 0.399 e. The summed E-state index contributed by atoms with van der Waals surface area (Å²) in [7, 11) is 0. The molecule has 2 aromatic carbocycles. The number of nitrogen functional groups attached to an aromatic ring is 1. The Morgan fingerprint density at radius 2 is 1.89 bits per heavy atom. The van der Waals surface area contributed by atoms with Crippen molar-refractivity contribution in [1.82, 2.24) is 0 Å². The van der Waals surface area contributed by atoms with Crippen molar-refractivity contribution in [1.29, 1.82) is 0 Å². The van der Waals surface area contributed by atoms with Gasteiger partial charge < -0.3 is 11.1 Å². The standard InChI is InChI=1S/C14H13ClN2O/c15-11-4-6-13(7-5-11)17-14(18)9-10-2-1-3-12(16)8-10/h1-8H,9,16H2,(H,17,18). The Hall–Kier alpha value is -2.00. The lowest BCUT2D eigenvalue weighted by molar-refractivity contribution is -0.115. The molecule has 0 radical (unpaired) electrons. The molecule has 0 spiro atoms. The van der Waals surface area contributed by atoms with Crippen LogP contribution in [0.3, 0.4) is 0 Å². The van der Waals surface area contributed by atoms with E-state index >= 15 is 0 Å². The van der Waals surface area contributed by atoms with E-state index in [0.29, 0.717) is 17.1 Å². The first kappa shape index (κ1) is 12.5. The van der Waals surface area contributed by atoms with E-state index in [1.165, 1.54) is 0 Å². The highest BCUT2D eigenvalue weighted by atomic mass is 35.5. The third-order valence-corrected chi connectivity index (χ3v) is 2.70. The van der Waals surface area contributed by atoms with Crippen LogP contribution in [0.5, 0.6) is 0 Å². The maximum absolute atomic E-state index is 11.8. The minimum atomic E-state index is -0.0806. The van der Waals surface area contributed by atoms with Crippen molar-refractivity contribution in [3.63, 3.8) is 0 Å². The quantitative estimate of drug-likeness (QED) is 0.833. The molecule has 0 atom stereocenters. The van der Waals surface area contributed by atoms with Crippen LogP contribution in [0, 0.1) is 0 Å². The van der Waals surface area contributed by atoms with Crippen molar-refractivity contribution >= 4 is 28.9 Å². The van der Waals surface area contributed by atoms with Crippen LogP contribution in [0.2, 0.25) is 5.02 Å². The summed E-state index contributed by atoms with van der Waals surface area (Å²) in [6, 6.07) is 14.3. The fraction of sp³-hybridized carbons (Fsp3) is 0.0714. The zero-order chi connectivity index (χ0) is 13.0. The molecule has 0 aliphatic heterocycles. The van der Waals surface area contributed by atoms with Gasteiger partial charge in [0.05, 0.1) is 6.42 Å². The fourth-order valence-corrected chi connectivity index (χ4v) is 1.75. The third kappa shape index (κ3) is 3.50. The number of amides is 1. The molecule has 0 aromatic heterocycles. The van der Waals surface area contributed by atoms with E-state index in [4.69, 9.17) is 17.3 Å². The smallest absolute Gasteiger partial charge is 0.228 e. The van der Waals surface area contributed by atoms with Crippen LogP contribution in [0.25, 0.3) is 0 Å². The van der Waals surface area contributed by atoms with Crippen LogP contribution >= 0.6 is 11.6 Å². The molecule has 0 aliphatic carbocycles. The molecule has 3 N–H and O–H groups in total. The Bertz CT molecular complexity index is 552. The lowest BCUT2D eigenvalue weighted by Crippen LogP contribution is -2.14. The molecule has 1 amide bonds. The zero-order valence-electron chi connectivity index (χ0n) is 9.69. The number of nitrogens with two attached hydrogens (primary N) is 1. The SMILES string of the molecule is Nc1cccc(CC(=O)Nc2ccc(Cl)cc2)c1. The number of nitrogens with one attached hydrogen (secondary N) is 1. The zero-order valence-corrected chi connectivity index (χ0v) is 10.4. The van der Waals surface area contributed by atoms with Gasteiger partial charge in [-0.25, -0.2) is 0 Å². The second-order valence-corrected chi connectivity index (χ2v) is 4.41. The summed E-state index contributed by atoms with van der Waals surface area (Å²) in [5.41, 5.74) is 7.94. The monoisotopic (exact) mass is 260 g/mol. The van der Waals surface area contributed by atoms with E-state index in [2.05, 4.69) is 5.32 Å². The predicted octanol–water partition coefficient (Wildman–Crippen LogP) is 3.10. The van der Waals surface area contributed by atoms with Crippen LogP contribution < -0.4 is 11.1 Å². The Morgan fingerprint density at radius 3 is 2.56 bits per heavy atom. The van der Waals surface area contributed by atoms with E-state index in [9.17, 15) is 4.79 Å². The Morgan fingerprint density at radius 1 is 1.17 bits per heavy atom. The van der Waals surface area contributed by atoms with Gasteiger partial charge in [0.1, 0.15) is 0 Å². The lowest BCUT2D eigenvalue weighted by atomic mass is 10.1. The maximum Gasteiger partial charge on any atom is 0.228 e. The minimum Gasteiger partial charge on any atom is -0.399 e. The molecule has 0 heterocycles. The first-order valence-electron chi connectivity index (χ1n) is 5.53. The summed E-state index contributed by atoms with van der Waals surface area (Å²) in [6.45, 7) is 0. The molecule has 2 aromatic rings. The van der Waals surface area contributed by atoms with Gasteiger partial charge in [-0.2, -0.15) is 0 Å². The molecule has 0 fully saturated rings. The van der Waals surface area contributed by atoms with Crippen molar-refractivity contribution in [2.75, 3.05) is 11.1 Å². The Kier molecular flexibility index (Phi) is 3.85. The van der Waals surface area contributed by atoms with E-state index in [-0.39, 0.29) is 5.91 Å². The number of benzene rings is 2. The second kappa shape index (κ2) is 5.56. The normalized spacial score (nSPS) is 10.1. The number of carbonyl (C=O) groups excluding carboxylic acids is 1. The van der Waals surface area contributed by atoms with Gasteiger partial charge in [-0.3, -0.25) is 4.79 Å². The van der Waals surface area contributed by atoms with Crippen molar-refractivity contribution in [2.45, 2.75) is 6.42 Å². The van der Waals surface area contributed by atoms with E-state index in [0.717, 1.165) is 11.3 Å². The van der Waals surface area contributed by atoms with Crippen LogP contribution in [0.4, 0.5) is 11.4 Å². The average molecular weight is 261 g/mol. The summed E-state index contributed by atoms with van der Waals surface area (Å²) >= 11 is 5.77. The van der Waals surface area contributed by atoms with Gasteiger partial charge in [0.2, 0.25) is 5.91 Å². The van der Waals surface area contributed by atoms with Gasteiger partial charge >= 0.3 is 0 Å². The van der Waals surface area contributed by atoms with Crippen LogP contribution in [0.15, 0.2) is 48.5 Å². The van der Waals surface area contributed by atoms with Crippen molar-refractivity contribution in [2.24, 2.45) is 0 Å². The number of rotatable bonds is 3. The lowest BCUT2D eigenvalue weighted by Gasteiger charge is -2.05. The Balaban J connectivity index is 1.98. The molecule has 0 aliphatic rings. The highest BCUT2D eigenvalue weighted by molar-refractivity contribution is 6.30. The summed E-state index contributed by atoms with van der Waals surface area (Å²) in [5.74, 6) is -0.0806. The predicted molar refractivity (Wildman–Crippen MR) is 74.6 cm³/mol. The van der Waals surface area contributed by atoms with E-state index in [1.807, 2.05) is 12.1 Å². The van der Waals surface area contributed by atoms with Gasteiger partial charge in [0.15, 0.2) is 0 Å². The number of anilines is 2. The first-order valence-corrected chi connectivity index (χ1v) is 5.91. The molecule has 2 rings (SSSR count). The molecular formula is C14H13ClN2O. The minimum absolute atomic E-state index is 0.0806. The van der Waals surface area contributed by atoms with Gasteiger partial charge in [-0.05, 0) is 42.0 Å². The number of carbonyl (C=O) groups is 1. The van der Waals surface area contributed by atoms with Gasteiger partial charge in [0, 0.05) is 16.4 Å². The maximum atomic E-state index is 11.8. The molecule has 3 nitrogen and oxygen atoms in total. The molecular weight excluding hydrogens is 248 g/mol. The Labute approximate surface area is 111 Å². The van der Waals surface area contributed by atoms with E-state index < -0.39 is 0 Å². The summed E-state index contributed by atoms with van der Waals surface area (Å²) in [5, 5.41) is 3.44. The van der Waals surface area contributed by atoms with Crippen LogP contribution in [-0.4, -0.2) is 5.91 Å². The van der Waals surface area contributed by atoms with Gasteiger partial charge in [0.25, 0.3) is 0 Å². The summed E-state index contributed by atoms with van der Waals surface area (Å²) < 4.78 is 0. The molecule has 92 valence electrons. The van der Waals surface area contributed by atoms with Crippen molar-refractivity contribution in [3.05, 3.63) is 59.1 Å².